The molecule has 0 unspecified atom stereocenters. The van der Waals surface area contributed by atoms with Crippen molar-refractivity contribution in [2.24, 2.45) is 0 Å². The number of anilines is 1. The van der Waals surface area contributed by atoms with Gasteiger partial charge in [-0.2, -0.15) is 0 Å². The van der Waals surface area contributed by atoms with E-state index in [-0.39, 0.29) is 0 Å². The molecule has 0 bridgehead atoms. The Balaban J connectivity index is 1.92. The van der Waals surface area contributed by atoms with Crippen LogP contribution in [-0.2, 0) is 6.42 Å². The molecule has 3 heteroatoms. The first kappa shape index (κ1) is 11.5. The molecule has 16 heavy (non-hydrogen) atoms. The number of aryl methyl sites for hydroxylation is 1. The van der Waals surface area contributed by atoms with Gasteiger partial charge in [-0.05, 0) is 42.5 Å². The fourth-order valence-electron chi connectivity index (χ4n) is 1.56. The first-order chi connectivity index (χ1) is 7.75. The Kier molecular flexibility index (Phi) is 3.86. The zero-order valence-corrected chi connectivity index (χ0v) is 10.7. The normalized spacial score (nSPS) is 10.4. The van der Waals surface area contributed by atoms with Crippen LogP contribution in [0.2, 0.25) is 5.02 Å². The third kappa shape index (κ3) is 3.00. The summed E-state index contributed by atoms with van der Waals surface area (Å²) in [5.41, 5.74) is 2.36. The highest BCUT2D eigenvalue weighted by Crippen LogP contribution is 2.20. The number of thiophene rings is 1. The quantitative estimate of drug-likeness (QED) is 0.851. The van der Waals surface area contributed by atoms with Crippen LogP contribution in [0.4, 0.5) is 5.69 Å². The van der Waals surface area contributed by atoms with Crippen LogP contribution >= 0.6 is 22.9 Å². The minimum absolute atomic E-state index is 0.782. The topological polar surface area (TPSA) is 12.0 Å². The van der Waals surface area contributed by atoms with E-state index in [1.807, 2.05) is 18.2 Å². The smallest absolute Gasteiger partial charge is 0.0426 e. The lowest BCUT2D eigenvalue weighted by Crippen LogP contribution is -2.05. The minimum Gasteiger partial charge on any atom is -0.384 e. The molecule has 1 N–H and O–H groups in total. The van der Waals surface area contributed by atoms with Gasteiger partial charge in [-0.15, -0.1) is 11.3 Å². The summed E-state index contributed by atoms with van der Waals surface area (Å²) in [4.78, 5) is 1.41. The van der Waals surface area contributed by atoms with Crippen molar-refractivity contribution in [1.29, 1.82) is 0 Å². The van der Waals surface area contributed by atoms with Crippen molar-refractivity contribution in [3.05, 3.63) is 51.2 Å². The summed E-state index contributed by atoms with van der Waals surface area (Å²) < 4.78 is 0. The van der Waals surface area contributed by atoms with Gasteiger partial charge < -0.3 is 5.32 Å². The van der Waals surface area contributed by atoms with Crippen molar-refractivity contribution >= 4 is 28.6 Å². The van der Waals surface area contributed by atoms with Crippen LogP contribution in [0.1, 0.15) is 10.4 Å². The first-order valence-electron chi connectivity index (χ1n) is 5.28. The van der Waals surface area contributed by atoms with E-state index in [4.69, 9.17) is 11.6 Å². The Morgan fingerprint density at radius 3 is 2.94 bits per heavy atom. The molecule has 0 atom stereocenters. The minimum atomic E-state index is 0.782. The maximum absolute atomic E-state index is 5.96. The Morgan fingerprint density at radius 2 is 2.19 bits per heavy atom. The molecule has 2 rings (SSSR count). The highest BCUT2D eigenvalue weighted by atomic mass is 35.5. The molecule has 0 spiro atoms. The predicted molar refractivity (Wildman–Crippen MR) is 72.7 cm³/mol. The van der Waals surface area contributed by atoms with Gasteiger partial charge >= 0.3 is 0 Å². The van der Waals surface area contributed by atoms with Gasteiger partial charge in [0.25, 0.3) is 0 Å². The fourth-order valence-corrected chi connectivity index (χ4v) is 2.44. The summed E-state index contributed by atoms with van der Waals surface area (Å²) in [6.07, 6.45) is 1.06. The number of hydrogen-bond donors (Lipinski definition) is 1. The molecule has 0 radical (unpaired) electrons. The average molecular weight is 252 g/mol. The van der Waals surface area contributed by atoms with E-state index in [2.05, 4.69) is 29.8 Å². The molecule has 0 aliphatic heterocycles. The maximum atomic E-state index is 5.96. The molecule has 2 aromatic rings. The van der Waals surface area contributed by atoms with Gasteiger partial charge in [0.15, 0.2) is 0 Å². The third-order valence-electron chi connectivity index (χ3n) is 2.47. The van der Waals surface area contributed by atoms with Gasteiger partial charge in [0.2, 0.25) is 0 Å². The summed E-state index contributed by atoms with van der Waals surface area (Å²) in [5.74, 6) is 0. The molecular formula is C13H14ClNS. The molecule has 0 aliphatic rings. The second-order valence-electron chi connectivity index (χ2n) is 3.72. The number of hydrogen-bond acceptors (Lipinski definition) is 2. The fraction of sp³-hybridized carbons (Fsp3) is 0.231. The number of rotatable bonds is 4. The Labute approximate surface area is 105 Å². The van der Waals surface area contributed by atoms with Crippen molar-refractivity contribution < 1.29 is 0 Å². The lowest BCUT2D eigenvalue weighted by Gasteiger charge is -2.09. The molecule has 84 valence electrons. The van der Waals surface area contributed by atoms with E-state index in [1.165, 1.54) is 10.4 Å². The van der Waals surface area contributed by atoms with Crippen LogP contribution in [0.3, 0.4) is 0 Å². The average Bonchev–Trinajstić information content (AvgIpc) is 2.76. The van der Waals surface area contributed by atoms with Crippen molar-refractivity contribution in [3.8, 4) is 0 Å². The van der Waals surface area contributed by atoms with Crippen LogP contribution in [-0.4, -0.2) is 6.54 Å². The van der Waals surface area contributed by atoms with E-state index in [1.54, 1.807) is 11.3 Å². The Bertz CT molecular complexity index is 451. The molecule has 0 fully saturated rings. The van der Waals surface area contributed by atoms with Gasteiger partial charge in [-0.25, -0.2) is 0 Å². The largest absolute Gasteiger partial charge is 0.384 e. The van der Waals surface area contributed by atoms with E-state index < -0.39 is 0 Å². The molecule has 1 heterocycles. The van der Waals surface area contributed by atoms with Crippen LogP contribution < -0.4 is 5.32 Å². The second kappa shape index (κ2) is 5.37. The lowest BCUT2D eigenvalue weighted by atomic mass is 10.2. The summed E-state index contributed by atoms with van der Waals surface area (Å²) >= 11 is 7.76. The monoisotopic (exact) mass is 251 g/mol. The van der Waals surface area contributed by atoms with Crippen LogP contribution in [0.5, 0.6) is 0 Å². The standard InChI is InChI=1S/C13H14ClNS/c1-10-4-5-11(14)9-13(10)15-7-6-12-3-2-8-16-12/h2-5,8-9,15H,6-7H2,1H3. The van der Waals surface area contributed by atoms with Gasteiger partial charge in [0.05, 0.1) is 0 Å². The van der Waals surface area contributed by atoms with Crippen LogP contribution in [0, 0.1) is 6.92 Å². The maximum Gasteiger partial charge on any atom is 0.0426 e. The molecule has 1 nitrogen and oxygen atoms in total. The van der Waals surface area contributed by atoms with Crippen molar-refractivity contribution in [3.63, 3.8) is 0 Å². The van der Waals surface area contributed by atoms with Crippen LogP contribution in [0.25, 0.3) is 0 Å². The summed E-state index contributed by atoms with van der Waals surface area (Å²) in [7, 11) is 0. The highest BCUT2D eigenvalue weighted by molar-refractivity contribution is 7.09. The molecule has 0 amide bonds. The van der Waals surface area contributed by atoms with Crippen LogP contribution in [0.15, 0.2) is 35.7 Å². The zero-order valence-electron chi connectivity index (χ0n) is 9.16. The molecular weight excluding hydrogens is 238 g/mol. The van der Waals surface area contributed by atoms with Gasteiger partial charge in [-0.1, -0.05) is 23.7 Å². The number of halogens is 1. The molecule has 1 aromatic carbocycles. The number of nitrogens with one attached hydrogen (secondary N) is 1. The second-order valence-corrected chi connectivity index (χ2v) is 5.18. The van der Waals surface area contributed by atoms with E-state index >= 15 is 0 Å². The van der Waals surface area contributed by atoms with Gasteiger partial charge in [-0.3, -0.25) is 0 Å². The van der Waals surface area contributed by atoms with Crippen molar-refractivity contribution in [2.45, 2.75) is 13.3 Å². The summed E-state index contributed by atoms with van der Waals surface area (Å²) in [5, 5.41) is 6.31. The Morgan fingerprint density at radius 1 is 1.31 bits per heavy atom. The Hall–Kier alpha value is -0.990. The van der Waals surface area contributed by atoms with Crippen molar-refractivity contribution in [2.75, 3.05) is 11.9 Å². The van der Waals surface area contributed by atoms with E-state index in [0.29, 0.717) is 0 Å². The molecule has 0 saturated heterocycles. The predicted octanol–water partition coefficient (Wildman–Crippen LogP) is 4.36. The van der Waals surface area contributed by atoms with Crippen molar-refractivity contribution in [1.82, 2.24) is 0 Å². The van der Waals surface area contributed by atoms with Gasteiger partial charge in [0.1, 0.15) is 0 Å². The first-order valence-corrected chi connectivity index (χ1v) is 6.54. The SMILES string of the molecule is Cc1ccc(Cl)cc1NCCc1cccs1. The lowest BCUT2D eigenvalue weighted by molar-refractivity contribution is 1.04. The highest BCUT2D eigenvalue weighted by Gasteiger charge is 1.99. The number of benzene rings is 1. The molecule has 0 aliphatic carbocycles. The molecule has 0 saturated carbocycles. The van der Waals surface area contributed by atoms with E-state index in [0.717, 1.165) is 23.7 Å². The zero-order chi connectivity index (χ0) is 11.4. The summed E-state index contributed by atoms with van der Waals surface area (Å²) in [6.45, 7) is 3.03. The third-order valence-corrected chi connectivity index (χ3v) is 3.64. The summed E-state index contributed by atoms with van der Waals surface area (Å²) in [6, 6.07) is 10.2. The van der Waals surface area contributed by atoms with E-state index in [9.17, 15) is 0 Å². The molecule has 1 aromatic heterocycles. The van der Waals surface area contributed by atoms with Gasteiger partial charge in [0, 0.05) is 22.1 Å².